The fraction of sp³-hybridized carbons (Fsp3) is 0.280. The van der Waals surface area contributed by atoms with E-state index >= 15 is 4.39 Å². The molecule has 1 aromatic carbocycles. The number of aliphatic imine (C=N–C) groups is 1. The fourth-order valence-corrected chi connectivity index (χ4v) is 6.04. The summed E-state index contributed by atoms with van der Waals surface area (Å²) in [6, 6.07) is 4.36. The van der Waals surface area contributed by atoms with Gasteiger partial charge in [-0.05, 0) is 31.5 Å². The Morgan fingerprint density at radius 2 is 2.18 bits per heavy atom. The topological polar surface area (TPSA) is 162 Å². The number of thioether (sulfide) groups is 1. The van der Waals surface area contributed by atoms with Crippen LogP contribution in [0, 0.1) is 24.1 Å². The highest BCUT2D eigenvalue weighted by atomic mass is 32.2. The molecule has 1 saturated carbocycles. The Balaban J connectivity index is 1.61. The molecule has 2 aliphatic rings. The number of carbonyl (C=O) groups is 2. The van der Waals surface area contributed by atoms with Crippen LogP contribution in [0.25, 0.3) is 11.0 Å². The van der Waals surface area contributed by atoms with Gasteiger partial charge in [-0.1, -0.05) is 17.7 Å². The number of nitrogens with one attached hydrogen (secondary N) is 1. The summed E-state index contributed by atoms with van der Waals surface area (Å²) in [7, 11) is 1.13. The Bertz CT molecular complexity index is 1580. The lowest BCUT2D eigenvalue weighted by molar-refractivity contribution is -0.137. The van der Waals surface area contributed by atoms with Gasteiger partial charge in [0.15, 0.2) is 17.6 Å². The first kappa shape index (κ1) is 25.2. The number of aliphatic carboxylic acids is 1. The summed E-state index contributed by atoms with van der Waals surface area (Å²) in [4.78, 5) is 42.1. The summed E-state index contributed by atoms with van der Waals surface area (Å²) in [6.45, 7) is 1.64. The fourth-order valence-electron chi connectivity index (χ4n) is 4.72. The number of fused-ring (bicyclic) bond motifs is 2. The highest BCUT2D eigenvalue weighted by Gasteiger charge is 2.71. The first-order chi connectivity index (χ1) is 18.1. The molecule has 5 rings (SSSR count). The molecule has 1 fully saturated rings. The van der Waals surface area contributed by atoms with Crippen molar-refractivity contribution < 1.29 is 28.6 Å². The summed E-state index contributed by atoms with van der Waals surface area (Å²) in [6.07, 6.45) is 8.34. The number of rotatable bonds is 7. The van der Waals surface area contributed by atoms with E-state index in [4.69, 9.17) is 21.6 Å². The molecule has 0 unspecified atom stereocenters. The lowest BCUT2D eigenvalue weighted by Crippen LogP contribution is -2.39. The average molecular weight is 537 g/mol. The number of aromatic nitrogens is 3. The van der Waals surface area contributed by atoms with E-state index in [0.29, 0.717) is 11.0 Å². The number of nitrogens with two attached hydrogens (primary N) is 1. The monoisotopic (exact) mass is 536 g/mol. The molecule has 0 radical (unpaired) electrons. The summed E-state index contributed by atoms with van der Waals surface area (Å²) in [5.74, 6) is -0.546. The minimum atomic E-state index is -1.35. The predicted octanol–water partition coefficient (Wildman–Crippen LogP) is 2.83. The maximum Gasteiger partial charge on any atom is 0.340 e. The molecule has 1 aliphatic carbocycles. The molecule has 3 heterocycles. The van der Waals surface area contributed by atoms with E-state index < -0.39 is 34.0 Å². The number of halogens is 1. The van der Waals surface area contributed by atoms with Crippen LogP contribution in [0.5, 0.6) is 5.88 Å². The molecule has 0 amide bonds. The van der Waals surface area contributed by atoms with Crippen molar-refractivity contribution in [2.45, 2.75) is 23.6 Å². The van der Waals surface area contributed by atoms with Crippen LogP contribution in [0.4, 0.5) is 15.9 Å². The van der Waals surface area contributed by atoms with Crippen LogP contribution in [0.3, 0.4) is 0 Å². The van der Waals surface area contributed by atoms with Gasteiger partial charge in [-0.3, -0.25) is 9.79 Å². The van der Waals surface area contributed by atoms with E-state index in [2.05, 4.69) is 31.2 Å². The summed E-state index contributed by atoms with van der Waals surface area (Å²) >= 11 is 0.955. The van der Waals surface area contributed by atoms with Crippen molar-refractivity contribution in [3.63, 3.8) is 0 Å². The summed E-state index contributed by atoms with van der Waals surface area (Å²) < 4.78 is 24.7. The highest BCUT2D eigenvalue weighted by Crippen LogP contribution is 2.66. The predicted molar refractivity (Wildman–Crippen MR) is 138 cm³/mol. The third-order valence-electron chi connectivity index (χ3n) is 6.61. The van der Waals surface area contributed by atoms with Crippen molar-refractivity contribution in [2.75, 3.05) is 19.0 Å². The van der Waals surface area contributed by atoms with Gasteiger partial charge in [-0.2, -0.15) is 0 Å². The first-order valence-corrected chi connectivity index (χ1v) is 12.1. The zero-order valence-electron chi connectivity index (χ0n) is 20.2. The molecule has 1 aliphatic heterocycles. The van der Waals surface area contributed by atoms with Gasteiger partial charge in [0.05, 0.1) is 29.9 Å². The van der Waals surface area contributed by atoms with Crippen LogP contribution in [-0.4, -0.2) is 55.6 Å². The number of anilines is 2. The summed E-state index contributed by atoms with van der Waals surface area (Å²) in [5.41, 5.74) is 5.38. The number of carbonyl (C=O) groups excluding carboxylic acids is 1. The Morgan fingerprint density at radius 1 is 1.39 bits per heavy atom. The second kappa shape index (κ2) is 9.14. The molecule has 13 heteroatoms. The van der Waals surface area contributed by atoms with E-state index in [9.17, 15) is 14.7 Å². The molecule has 0 saturated heterocycles. The van der Waals surface area contributed by atoms with Crippen molar-refractivity contribution in [1.29, 1.82) is 0 Å². The molecule has 11 nitrogen and oxygen atoms in total. The number of carboxylic acids is 1. The number of hydrogen-bond acceptors (Lipinski definition) is 11. The number of carboxylic acid groups (broad SMARTS) is 1. The van der Waals surface area contributed by atoms with Gasteiger partial charge in [0, 0.05) is 23.4 Å². The van der Waals surface area contributed by atoms with Gasteiger partial charge in [-0.15, -0.1) is 6.42 Å². The molecule has 0 bridgehead atoms. The van der Waals surface area contributed by atoms with Gasteiger partial charge >= 0.3 is 11.9 Å². The van der Waals surface area contributed by atoms with E-state index in [1.165, 1.54) is 24.5 Å². The molecule has 2 aromatic heterocycles. The maximum atomic E-state index is 15.8. The molecule has 3 aromatic rings. The number of hydrogen-bond donors (Lipinski definition) is 3. The number of pyridine rings is 1. The number of benzene rings is 1. The van der Waals surface area contributed by atoms with Crippen LogP contribution >= 0.6 is 11.8 Å². The summed E-state index contributed by atoms with van der Waals surface area (Å²) in [5, 5.41) is 12.9. The average Bonchev–Trinajstić information content (AvgIpc) is 3.65. The Morgan fingerprint density at radius 3 is 2.89 bits per heavy atom. The number of amidine groups is 1. The molecule has 0 spiro atoms. The molecule has 194 valence electrons. The van der Waals surface area contributed by atoms with Crippen LogP contribution in [0.2, 0.25) is 0 Å². The van der Waals surface area contributed by atoms with Gasteiger partial charge in [0.25, 0.3) is 0 Å². The SMILES string of the molecule is C#CCOc1cnc2c(Nc3cc(C(=O)OC)c(F)c([C@@]4(C)N=C(N)S[C@@]5(C(=O)O)C[C@H]54)c3)nccc2n1. The van der Waals surface area contributed by atoms with Crippen LogP contribution in [0.15, 0.2) is 35.6 Å². The second-order valence-corrected chi connectivity index (χ2v) is 10.2. The number of ether oxygens (including phenoxy) is 2. The molecule has 38 heavy (non-hydrogen) atoms. The Hall–Kier alpha value is -4.44. The quantitative estimate of drug-likeness (QED) is 0.301. The largest absolute Gasteiger partial charge is 0.480 e. The lowest BCUT2D eigenvalue weighted by Gasteiger charge is -2.33. The van der Waals surface area contributed by atoms with E-state index in [-0.39, 0.29) is 46.7 Å². The van der Waals surface area contributed by atoms with Crippen molar-refractivity contribution >= 4 is 51.4 Å². The zero-order chi connectivity index (χ0) is 27.2. The van der Waals surface area contributed by atoms with Crippen molar-refractivity contribution in [1.82, 2.24) is 15.0 Å². The maximum absolute atomic E-state index is 15.8. The zero-order valence-corrected chi connectivity index (χ0v) is 21.0. The minimum absolute atomic E-state index is 0.00410. The van der Waals surface area contributed by atoms with Gasteiger partial charge < -0.3 is 25.6 Å². The highest BCUT2D eigenvalue weighted by molar-refractivity contribution is 8.15. The second-order valence-electron chi connectivity index (χ2n) is 8.88. The van der Waals surface area contributed by atoms with Gasteiger partial charge in [0.2, 0.25) is 5.88 Å². The van der Waals surface area contributed by atoms with Gasteiger partial charge in [-0.25, -0.2) is 24.1 Å². The lowest BCUT2D eigenvalue weighted by atomic mass is 9.84. The first-order valence-electron chi connectivity index (χ1n) is 11.3. The van der Waals surface area contributed by atoms with E-state index in [1.54, 1.807) is 13.0 Å². The standard InChI is InChI=1S/C25H21FN6O5S/c1-4-7-37-17-11-29-19-15(31-17)5-6-28-20(19)30-12-8-13(21(33)36-3)18(26)14(9-12)24(2)16-10-25(16,22(34)35)38-23(27)32-24/h1,5-6,8-9,11,16H,7,10H2,2-3H3,(H2,27,32)(H,28,30)(H,34,35)/t16-,24+,25-/m0/s1. The number of methoxy groups -OCH3 is 1. The van der Waals surface area contributed by atoms with Crippen molar-refractivity contribution in [3.8, 4) is 18.2 Å². The molecular weight excluding hydrogens is 515 g/mol. The number of terminal acetylenes is 1. The van der Waals surface area contributed by atoms with Crippen molar-refractivity contribution in [2.24, 2.45) is 16.6 Å². The van der Waals surface area contributed by atoms with Crippen LogP contribution < -0.4 is 15.8 Å². The van der Waals surface area contributed by atoms with E-state index in [0.717, 1.165) is 18.9 Å². The van der Waals surface area contributed by atoms with Crippen LogP contribution in [0.1, 0.15) is 29.3 Å². The molecule has 3 atom stereocenters. The van der Waals surface area contributed by atoms with E-state index in [1.807, 2.05) is 0 Å². The Labute approximate surface area is 220 Å². The normalized spacial score (nSPS) is 23.5. The third kappa shape index (κ3) is 4.03. The minimum Gasteiger partial charge on any atom is -0.480 e. The smallest absolute Gasteiger partial charge is 0.340 e. The van der Waals surface area contributed by atoms with Crippen LogP contribution in [-0.2, 0) is 15.1 Å². The number of nitrogens with zero attached hydrogens (tertiary/aromatic N) is 4. The Kier molecular flexibility index (Phi) is 6.07. The third-order valence-corrected chi connectivity index (χ3v) is 7.90. The van der Waals surface area contributed by atoms with Gasteiger partial charge in [0.1, 0.15) is 16.1 Å². The number of esters is 1. The molecule has 4 N–H and O–H groups in total. The van der Waals surface area contributed by atoms with Crippen molar-refractivity contribution in [3.05, 3.63) is 47.5 Å². The molecular formula is C25H21FN6O5S.